The van der Waals surface area contributed by atoms with E-state index in [0.29, 0.717) is 19.6 Å². The Morgan fingerprint density at radius 2 is 2.13 bits per heavy atom. The summed E-state index contributed by atoms with van der Waals surface area (Å²) in [6, 6.07) is -0.820. The van der Waals surface area contributed by atoms with Gasteiger partial charge < -0.3 is 20.9 Å². The molecule has 0 aromatic carbocycles. The van der Waals surface area contributed by atoms with Crippen LogP contribution in [0.2, 0.25) is 0 Å². The third-order valence-electron chi connectivity index (χ3n) is 2.36. The van der Waals surface area contributed by atoms with Gasteiger partial charge in [0.2, 0.25) is 0 Å². The van der Waals surface area contributed by atoms with Gasteiger partial charge in [-0.3, -0.25) is 4.79 Å². The summed E-state index contributed by atoms with van der Waals surface area (Å²) in [5.74, 6) is -0.462. The molecule has 0 aromatic heterocycles. The number of hydrogen-bond donors (Lipinski definition) is 2. The van der Waals surface area contributed by atoms with Gasteiger partial charge in [0, 0.05) is 6.61 Å². The second kappa shape index (κ2) is 4.08. The minimum Gasteiger partial charge on any atom is -0.459 e. The fourth-order valence-electron chi connectivity index (χ4n) is 1.44. The molecule has 15 heavy (non-hydrogen) atoms. The molecule has 1 aliphatic rings. The van der Waals surface area contributed by atoms with Crippen molar-refractivity contribution in [1.29, 1.82) is 0 Å². The average molecular weight is 216 g/mol. The van der Waals surface area contributed by atoms with Crippen molar-refractivity contribution in [3.8, 4) is 0 Å². The van der Waals surface area contributed by atoms with Crippen LogP contribution in [0.15, 0.2) is 0 Å². The quantitative estimate of drug-likeness (QED) is 0.623. The van der Waals surface area contributed by atoms with Crippen LogP contribution in [0.5, 0.6) is 0 Å². The second-order valence-electron chi connectivity index (χ2n) is 5.05. The molecule has 4 N–H and O–H groups in total. The summed E-state index contributed by atoms with van der Waals surface area (Å²) < 4.78 is 10.3. The monoisotopic (exact) mass is 216 g/mol. The van der Waals surface area contributed by atoms with E-state index in [-0.39, 0.29) is 0 Å². The fourth-order valence-corrected chi connectivity index (χ4v) is 1.44. The van der Waals surface area contributed by atoms with Crippen LogP contribution < -0.4 is 11.5 Å². The molecule has 1 saturated heterocycles. The zero-order valence-corrected chi connectivity index (χ0v) is 9.58. The highest BCUT2D eigenvalue weighted by Gasteiger charge is 2.42. The topological polar surface area (TPSA) is 87.6 Å². The summed E-state index contributed by atoms with van der Waals surface area (Å²) in [6.07, 6.45) is 0.591. The molecule has 1 rings (SSSR count). The molecule has 1 aliphatic heterocycles. The lowest BCUT2D eigenvalue weighted by Gasteiger charge is -2.30. The van der Waals surface area contributed by atoms with Crippen molar-refractivity contribution in [3.63, 3.8) is 0 Å². The maximum atomic E-state index is 11.7. The minimum atomic E-state index is -0.820. The summed E-state index contributed by atoms with van der Waals surface area (Å²) in [5, 5.41) is 0. The van der Waals surface area contributed by atoms with Crippen LogP contribution in [0.1, 0.15) is 27.2 Å². The van der Waals surface area contributed by atoms with Gasteiger partial charge >= 0.3 is 5.97 Å². The van der Waals surface area contributed by atoms with E-state index in [9.17, 15) is 4.79 Å². The molecule has 0 aromatic rings. The standard InChI is InChI=1S/C10H20N2O3/c1-9(2,3)15-8(13)7(11)10(12)4-5-14-6-10/h7H,4-6,11-12H2,1-3H3/t7-,10+/m1/s1. The summed E-state index contributed by atoms with van der Waals surface area (Å²) >= 11 is 0. The minimum absolute atomic E-state index is 0.313. The van der Waals surface area contributed by atoms with Gasteiger partial charge in [-0.2, -0.15) is 0 Å². The summed E-state index contributed by atoms with van der Waals surface area (Å²) in [6.45, 7) is 6.25. The van der Waals surface area contributed by atoms with E-state index < -0.39 is 23.2 Å². The molecule has 0 spiro atoms. The highest BCUT2D eigenvalue weighted by Crippen LogP contribution is 2.20. The van der Waals surface area contributed by atoms with E-state index in [2.05, 4.69) is 0 Å². The number of esters is 1. The Kier molecular flexibility index (Phi) is 3.38. The number of carbonyl (C=O) groups is 1. The van der Waals surface area contributed by atoms with Gasteiger partial charge in [-0.1, -0.05) is 0 Å². The molecule has 88 valence electrons. The Balaban J connectivity index is 2.60. The molecule has 0 saturated carbocycles. The molecule has 1 heterocycles. The first-order valence-corrected chi connectivity index (χ1v) is 5.10. The maximum absolute atomic E-state index is 11.7. The van der Waals surface area contributed by atoms with E-state index in [0.717, 1.165) is 0 Å². The lowest BCUT2D eigenvalue weighted by atomic mass is 9.91. The van der Waals surface area contributed by atoms with Crippen molar-refractivity contribution in [2.75, 3.05) is 13.2 Å². The fraction of sp³-hybridized carbons (Fsp3) is 0.900. The van der Waals surface area contributed by atoms with Gasteiger partial charge in [-0.15, -0.1) is 0 Å². The second-order valence-corrected chi connectivity index (χ2v) is 5.05. The van der Waals surface area contributed by atoms with Gasteiger partial charge in [-0.25, -0.2) is 0 Å². The summed E-state index contributed by atoms with van der Waals surface area (Å²) in [4.78, 5) is 11.7. The number of ether oxygens (including phenoxy) is 2. The van der Waals surface area contributed by atoms with Crippen LogP contribution >= 0.6 is 0 Å². The zero-order valence-electron chi connectivity index (χ0n) is 9.58. The molecule has 0 unspecified atom stereocenters. The highest BCUT2D eigenvalue weighted by atomic mass is 16.6. The van der Waals surface area contributed by atoms with E-state index in [1.165, 1.54) is 0 Å². The first-order valence-electron chi connectivity index (χ1n) is 5.10. The van der Waals surface area contributed by atoms with Gasteiger partial charge in [0.05, 0.1) is 12.1 Å². The van der Waals surface area contributed by atoms with Crippen LogP contribution in [0.3, 0.4) is 0 Å². The average Bonchev–Trinajstić information content (AvgIpc) is 2.49. The van der Waals surface area contributed by atoms with E-state index in [4.69, 9.17) is 20.9 Å². The largest absolute Gasteiger partial charge is 0.459 e. The predicted octanol–water partition coefficient (Wildman–Crippen LogP) is -0.227. The Bertz CT molecular complexity index is 242. The third-order valence-corrected chi connectivity index (χ3v) is 2.36. The number of carbonyl (C=O) groups excluding carboxylic acids is 1. The molecule has 0 amide bonds. The van der Waals surface area contributed by atoms with Crippen molar-refractivity contribution < 1.29 is 14.3 Å². The van der Waals surface area contributed by atoms with E-state index in [1.54, 1.807) is 20.8 Å². The Morgan fingerprint density at radius 1 is 1.53 bits per heavy atom. The number of nitrogens with two attached hydrogens (primary N) is 2. The van der Waals surface area contributed by atoms with Crippen molar-refractivity contribution in [3.05, 3.63) is 0 Å². The van der Waals surface area contributed by atoms with Crippen LogP contribution in [-0.4, -0.2) is 36.4 Å². The van der Waals surface area contributed by atoms with Crippen LogP contribution in [0.4, 0.5) is 0 Å². The highest BCUT2D eigenvalue weighted by molar-refractivity contribution is 5.77. The maximum Gasteiger partial charge on any atom is 0.325 e. The Labute approximate surface area is 90.1 Å². The SMILES string of the molecule is CC(C)(C)OC(=O)[C@@H](N)[C@]1(N)CCOC1. The lowest BCUT2D eigenvalue weighted by molar-refractivity contribution is -0.158. The molecule has 0 radical (unpaired) electrons. The van der Waals surface area contributed by atoms with Crippen LogP contribution in [0, 0.1) is 0 Å². The lowest BCUT2D eigenvalue weighted by Crippen LogP contribution is -2.60. The summed E-state index contributed by atoms with van der Waals surface area (Å²) in [7, 11) is 0. The number of hydrogen-bond acceptors (Lipinski definition) is 5. The number of rotatable bonds is 2. The Hall–Kier alpha value is -0.650. The summed E-state index contributed by atoms with van der Waals surface area (Å²) in [5.41, 5.74) is 10.4. The zero-order chi connectivity index (χ0) is 11.7. The van der Waals surface area contributed by atoms with Gasteiger partial charge in [-0.05, 0) is 27.2 Å². The van der Waals surface area contributed by atoms with Crippen LogP contribution in [-0.2, 0) is 14.3 Å². The van der Waals surface area contributed by atoms with E-state index in [1.807, 2.05) is 0 Å². The smallest absolute Gasteiger partial charge is 0.325 e. The molecule has 5 heteroatoms. The van der Waals surface area contributed by atoms with Crippen molar-refractivity contribution in [2.24, 2.45) is 11.5 Å². The van der Waals surface area contributed by atoms with Gasteiger partial charge in [0.15, 0.2) is 0 Å². The molecular formula is C10H20N2O3. The van der Waals surface area contributed by atoms with Gasteiger partial charge in [0.1, 0.15) is 11.6 Å². The predicted molar refractivity (Wildman–Crippen MR) is 56.2 cm³/mol. The molecule has 0 bridgehead atoms. The van der Waals surface area contributed by atoms with Crippen molar-refractivity contribution >= 4 is 5.97 Å². The van der Waals surface area contributed by atoms with Gasteiger partial charge in [0.25, 0.3) is 0 Å². The Morgan fingerprint density at radius 3 is 2.53 bits per heavy atom. The normalized spacial score (nSPS) is 28.9. The molecule has 0 aliphatic carbocycles. The molecular weight excluding hydrogens is 196 g/mol. The molecule has 1 fully saturated rings. The van der Waals surface area contributed by atoms with Crippen molar-refractivity contribution in [2.45, 2.75) is 44.4 Å². The first kappa shape index (κ1) is 12.4. The van der Waals surface area contributed by atoms with Crippen LogP contribution in [0.25, 0.3) is 0 Å². The van der Waals surface area contributed by atoms with E-state index >= 15 is 0 Å². The molecule has 2 atom stereocenters. The first-order chi connectivity index (χ1) is 6.75. The van der Waals surface area contributed by atoms with Crippen molar-refractivity contribution in [1.82, 2.24) is 0 Å². The molecule has 5 nitrogen and oxygen atoms in total. The third kappa shape index (κ3) is 3.15.